The molecule has 2 aromatic heterocycles. The van der Waals surface area contributed by atoms with Crippen LogP contribution in [0.25, 0.3) is 83.0 Å². The zero-order chi connectivity index (χ0) is 48.3. The quantitative estimate of drug-likeness (QED) is 0.144. The van der Waals surface area contributed by atoms with Crippen LogP contribution in [0.3, 0.4) is 0 Å². The largest absolute Gasteiger partial charge is 0.310 e. The molecule has 13 aromatic rings. The van der Waals surface area contributed by atoms with Crippen LogP contribution < -0.4 is 4.90 Å². The second-order valence-electron chi connectivity index (χ2n) is 19.1. The molecule has 3 heteroatoms. The van der Waals surface area contributed by atoms with Crippen LogP contribution in [0, 0.1) is 0 Å². The Kier molecular flexibility index (Phi) is 10.1. The van der Waals surface area contributed by atoms with Gasteiger partial charge in [-0.1, -0.05) is 237 Å². The number of anilines is 3. The van der Waals surface area contributed by atoms with Gasteiger partial charge in [-0.05, 0) is 115 Å². The van der Waals surface area contributed by atoms with Crippen molar-refractivity contribution in [3.05, 3.63) is 307 Å². The first kappa shape index (κ1) is 42.3. The predicted octanol–water partition coefficient (Wildman–Crippen LogP) is 18.1. The molecule has 0 N–H and O–H groups in total. The Balaban J connectivity index is 1.04. The molecule has 0 saturated carbocycles. The van der Waals surface area contributed by atoms with Crippen molar-refractivity contribution in [1.29, 1.82) is 0 Å². The molecule has 342 valence electrons. The fourth-order valence-corrected chi connectivity index (χ4v) is 11.7. The monoisotopic (exact) mass is 929 g/mol. The van der Waals surface area contributed by atoms with E-state index < -0.39 is 5.41 Å². The Morgan fingerprint density at radius 1 is 0.329 bits per heavy atom. The maximum Gasteiger partial charge on any atom is 0.101 e. The fraction of sp³-hybridized carbons (Fsp3) is 0.0143. The van der Waals surface area contributed by atoms with Crippen LogP contribution in [0.1, 0.15) is 22.3 Å². The molecule has 73 heavy (non-hydrogen) atoms. The molecular weight excluding hydrogens is 883 g/mol. The van der Waals surface area contributed by atoms with Gasteiger partial charge in [-0.25, -0.2) is 4.52 Å². The molecule has 0 radical (unpaired) electrons. The van der Waals surface area contributed by atoms with Crippen LogP contribution in [0.4, 0.5) is 17.1 Å². The van der Waals surface area contributed by atoms with Crippen molar-refractivity contribution in [3.8, 4) is 55.9 Å². The smallest absolute Gasteiger partial charge is 0.101 e. The van der Waals surface area contributed by atoms with Crippen LogP contribution in [-0.4, -0.2) is 9.61 Å². The Morgan fingerprint density at radius 2 is 0.849 bits per heavy atom. The van der Waals surface area contributed by atoms with E-state index in [2.05, 4.69) is 295 Å². The number of hydrogen-bond acceptors (Lipinski definition) is 2. The molecule has 14 rings (SSSR count). The highest BCUT2D eigenvalue weighted by atomic mass is 15.2. The third kappa shape index (κ3) is 6.93. The Morgan fingerprint density at radius 3 is 1.55 bits per heavy atom. The summed E-state index contributed by atoms with van der Waals surface area (Å²) < 4.78 is 2.19. The summed E-state index contributed by atoms with van der Waals surface area (Å²) in [5.74, 6) is 0. The van der Waals surface area contributed by atoms with Gasteiger partial charge in [0.05, 0.1) is 16.6 Å². The van der Waals surface area contributed by atoms with Crippen molar-refractivity contribution in [1.82, 2.24) is 9.61 Å². The van der Waals surface area contributed by atoms with Gasteiger partial charge in [0.25, 0.3) is 0 Å². The summed E-state index contributed by atoms with van der Waals surface area (Å²) in [6, 6.07) is 104. The lowest BCUT2D eigenvalue weighted by molar-refractivity contribution is 0.768. The highest BCUT2D eigenvalue weighted by molar-refractivity contribution is 6.10. The van der Waals surface area contributed by atoms with Gasteiger partial charge in [-0.3, -0.25) is 0 Å². The molecule has 1 aliphatic carbocycles. The van der Waals surface area contributed by atoms with Crippen LogP contribution in [0.2, 0.25) is 0 Å². The summed E-state index contributed by atoms with van der Waals surface area (Å²) in [5.41, 5.74) is 19.9. The number of pyridine rings is 1. The number of rotatable bonds is 9. The van der Waals surface area contributed by atoms with Crippen LogP contribution >= 0.6 is 0 Å². The summed E-state index contributed by atoms with van der Waals surface area (Å²) in [4.78, 5) is 2.45. The van der Waals surface area contributed by atoms with Crippen molar-refractivity contribution in [3.63, 3.8) is 0 Å². The van der Waals surface area contributed by atoms with E-state index in [0.29, 0.717) is 0 Å². The minimum absolute atomic E-state index is 0.560. The van der Waals surface area contributed by atoms with Crippen molar-refractivity contribution in [2.75, 3.05) is 4.90 Å². The fourth-order valence-electron chi connectivity index (χ4n) is 11.7. The predicted molar refractivity (Wildman–Crippen MR) is 304 cm³/mol. The third-order valence-corrected chi connectivity index (χ3v) is 15.0. The Bertz CT molecular complexity index is 4130. The van der Waals surface area contributed by atoms with Crippen molar-refractivity contribution < 1.29 is 0 Å². The Labute approximate surface area is 425 Å². The number of hydrogen-bond donors (Lipinski definition) is 0. The van der Waals surface area contributed by atoms with E-state index in [-0.39, 0.29) is 0 Å². The standard InChI is InChI=1S/C70H47N3/c1-6-21-50(22-7-1)66-45-55-38-41-59(46-63(55)69-67(51-23-8-2-9-24-51)68(71-73(66)69)52-25-10-3-11-26-52)72(58-39-36-49(37-40-58)54-35-34-48-20-16-17-27-53(48)44-54)60-42-43-62-61-32-18-19-33-64(61)70(65(62)47-60,56-28-12-4-13-29-56)57-30-14-5-15-31-57/h1-47H. The second-order valence-corrected chi connectivity index (χ2v) is 19.1. The van der Waals surface area contributed by atoms with Crippen LogP contribution in [-0.2, 0) is 5.41 Å². The van der Waals surface area contributed by atoms with E-state index in [1.54, 1.807) is 0 Å². The number of nitrogens with zero attached hydrogens (tertiary/aromatic N) is 3. The molecule has 11 aromatic carbocycles. The van der Waals surface area contributed by atoms with Crippen molar-refractivity contribution in [2.24, 2.45) is 0 Å². The van der Waals surface area contributed by atoms with Gasteiger partial charge in [0, 0.05) is 39.1 Å². The summed E-state index contributed by atoms with van der Waals surface area (Å²) in [5, 5.41) is 10.3. The summed E-state index contributed by atoms with van der Waals surface area (Å²) in [6.45, 7) is 0. The lowest BCUT2D eigenvalue weighted by Crippen LogP contribution is -2.28. The maximum absolute atomic E-state index is 5.57. The molecule has 0 saturated heterocycles. The molecule has 0 bridgehead atoms. The summed E-state index contributed by atoms with van der Waals surface area (Å²) in [7, 11) is 0. The molecule has 0 atom stereocenters. The first-order valence-electron chi connectivity index (χ1n) is 25.1. The minimum Gasteiger partial charge on any atom is -0.310 e. The highest BCUT2D eigenvalue weighted by Crippen LogP contribution is 2.57. The van der Waals surface area contributed by atoms with Crippen molar-refractivity contribution >= 4 is 44.1 Å². The van der Waals surface area contributed by atoms with Gasteiger partial charge >= 0.3 is 0 Å². The average molecular weight is 930 g/mol. The maximum atomic E-state index is 5.57. The third-order valence-electron chi connectivity index (χ3n) is 15.0. The first-order valence-corrected chi connectivity index (χ1v) is 25.1. The zero-order valence-corrected chi connectivity index (χ0v) is 40.0. The molecule has 0 spiro atoms. The molecule has 0 amide bonds. The summed E-state index contributed by atoms with van der Waals surface area (Å²) >= 11 is 0. The summed E-state index contributed by atoms with van der Waals surface area (Å²) in [6.07, 6.45) is 0. The van der Waals surface area contributed by atoms with Gasteiger partial charge in [-0.15, -0.1) is 0 Å². The average Bonchev–Trinajstić information content (AvgIpc) is 4.02. The molecule has 0 unspecified atom stereocenters. The van der Waals surface area contributed by atoms with Crippen LogP contribution in [0.15, 0.2) is 285 Å². The molecular formula is C70H47N3. The molecule has 0 fully saturated rings. The molecule has 3 nitrogen and oxygen atoms in total. The highest BCUT2D eigenvalue weighted by Gasteiger charge is 2.46. The van der Waals surface area contributed by atoms with Gasteiger partial charge in [0.2, 0.25) is 0 Å². The first-order chi connectivity index (χ1) is 36.2. The molecule has 0 aliphatic heterocycles. The topological polar surface area (TPSA) is 20.5 Å². The van der Waals surface area contributed by atoms with E-state index in [9.17, 15) is 0 Å². The molecule has 2 heterocycles. The number of fused-ring (bicyclic) bond motifs is 7. The minimum atomic E-state index is -0.560. The normalized spacial score (nSPS) is 12.5. The van der Waals surface area contributed by atoms with E-state index >= 15 is 0 Å². The van der Waals surface area contributed by atoms with E-state index in [0.717, 1.165) is 67.0 Å². The van der Waals surface area contributed by atoms with Gasteiger partial charge < -0.3 is 4.90 Å². The van der Waals surface area contributed by atoms with E-state index in [1.165, 1.54) is 55.3 Å². The van der Waals surface area contributed by atoms with Gasteiger partial charge in [-0.2, -0.15) is 5.10 Å². The Hall–Kier alpha value is -9.57. The van der Waals surface area contributed by atoms with Crippen LogP contribution in [0.5, 0.6) is 0 Å². The molecule has 1 aliphatic rings. The number of benzene rings is 11. The van der Waals surface area contributed by atoms with Crippen molar-refractivity contribution in [2.45, 2.75) is 5.41 Å². The van der Waals surface area contributed by atoms with E-state index in [4.69, 9.17) is 5.10 Å². The van der Waals surface area contributed by atoms with E-state index in [1.807, 2.05) is 0 Å². The van der Waals surface area contributed by atoms with Gasteiger partial charge in [0.1, 0.15) is 5.69 Å². The lowest BCUT2D eigenvalue weighted by atomic mass is 9.67. The number of aromatic nitrogens is 2. The van der Waals surface area contributed by atoms with Gasteiger partial charge in [0.15, 0.2) is 0 Å². The lowest BCUT2D eigenvalue weighted by Gasteiger charge is -2.35. The zero-order valence-electron chi connectivity index (χ0n) is 40.0. The SMILES string of the molecule is c1ccc(-c2nn3c(-c4ccccc4)cc4ccc(N(c5ccc(-c6ccc7ccccc7c6)cc5)c5ccc6c(c5)C(c5ccccc5)(c5ccccc5)c5ccccc5-6)cc4c3c2-c2ccccc2)cc1. The second kappa shape index (κ2) is 17.4.